The maximum absolute atomic E-state index is 4.41. The molecule has 1 aliphatic rings. The van der Waals surface area contributed by atoms with Crippen LogP contribution in [0.3, 0.4) is 0 Å². The van der Waals surface area contributed by atoms with Crippen molar-refractivity contribution in [2.45, 2.75) is 24.7 Å². The van der Waals surface area contributed by atoms with Gasteiger partial charge in [-0.3, -0.25) is 0 Å². The van der Waals surface area contributed by atoms with Gasteiger partial charge in [0, 0.05) is 23.5 Å². The summed E-state index contributed by atoms with van der Waals surface area (Å²) in [6, 6.07) is 0. The largest absolute Gasteiger partial charge is 0.319 e. The van der Waals surface area contributed by atoms with E-state index in [1.54, 1.807) is 11.3 Å². The summed E-state index contributed by atoms with van der Waals surface area (Å²) in [5, 5.41) is 6.66. The predicted octanol–water partition coefficient (Wildman–Crippen LogP) is 1.78. The fraction of sp³-hybridized carbons (Fsp3) is 0.667. The van der Waals surface area contributed by atoms with Crippen LogP contribution < -0.4 is 5.32 Å². The Morgan fingerprint density at radius 2 is 2.50 bits per heavy atom. The van der Waals surface area contributed by atoms with Crippen LogP contribution in [0.4, 0.5) is 0 Å². The molecule has 1 aromatic rings. The van der Waals surface area contributed by atoms with Gasteiger partial charge in [0.05, 0.1) is 5.01 Å². The van der Waals surface area contributed by atoms with Crippen molar-refractivity contribution in [1.82, 2.24) is 10.3 Å². The SMILES string of the molecule is CNCC1(c2nccs2)CCC1. The Bertz CT molecular complexity index is 239. The van der Waals surface area contributed by atoms with Gasteiger partial charge in [0.25, 0.3) is 0 Å². The van der Waals surface area contributed by atoms with E-state index in [0.717, 1.165) is 6.54 Å². The van der Waals surface area contributed by atoms with Crippen LogP contribution in [-0.2, 0) is 5.41 Å². The Morgan fingerprint density at radius 1 is 1.67 bits per heavy atom. The van der Waals surface area contributed by atoms with Gasteiger partial charge in [-0.05, 0) is 19.9 Å². The molecule has 0 unspecified atom stereocenters. The van der Waals surface area contributed by atoms with E-state index in [4.69, 9.17) is 0 Å². The van der Waals surface area contributed by atoms with Gasteiger partial charge < -0.3 is 5.32 Å². The average Bonchev–Trinajstić information content (AvgIpc) is 2.48. The smallest absolute Gasteiger partial charge is 0.0999 e. The summed E-state index contributed by atoms with van der Waals surface area (Å²) in [5.41, 5.74) is 0.392. The Labute approximate surface area is 77.0 Å². The van der Waals surface area contributed by atoms with Crippen molar-refractivity contribution in [2.75, 3.05) is 13.6 Å². The van der Waals surface area contributed by atoms with E-state index < -0.39 is 0 Å². The van der Waals surface area contributed by atoms with Crippen LogP contribution >= 0.6 is 11.3 Å². The summed E-state index contributed by atoms with van der Waals surface area (Å²) < 4.78 is 0. The number of nitrogens with zero attached hydrogens (tertiary/aromatic N) is 1. The number of aromatic nitrogens is 1. The van der Waals surface area contributed by atoms with E-state index in [1.165, 1.54) is 24.3 Å². The van der Waals surface area contributed by atoms with Crippen molar-refractivity contribution < 1.29 is 0 Å². The molecule has 0 aliphatic heterocycles. The Hall–Kier alpha value is -0.410. The third-order valence-electron chi connectivity index (χ3n) is 2.71. The zero-order valence-electron chi connectivity index (χ0n) is 7.34. The third kappa shape index (κ3) is 1.17. The first-order chi connectivity index (χ1) is 5.87. The highest BCUT2D eigenvalue weighted by molar-refractivity contribution is 7.09. The molecule has 0 bridgehead atoms. The predicted molar refractivity (Wildman–Crippen MR) is 51.6 cm³/mol. The number of nitrogens with one attached hydrogen (secondary N) is 1. The van der Waals surface area contributed by atoms with E-state index >= 15 is 0 Å². The first-order valence-electron chi connectivity index (χ1n) is 4.42. The van der Waals surface area contributed by atoms with Crippen LogP contribution in [0.2, 0.25) is 0 Å². The van der Waals surface area contributed by atoms with E-state index in [0.29, 0.717) is 5.41 Å². The van der Waals surface area contributed by atoms with Crippen molar-refractivity contribution in [2.24, 2.45) is 0 Å². The first kappa shape index (κ1) is 8.20. The van der Waals surface area contributed by atoms with Crippen molar-refractivity contribution in [1.29, 1.82) is 0 Å². The highest BCUT2D eigenvalue weighted by Crippen LogP contribution is 2.43. The summed E-state index contributed by atoms with van der Waals surface area (Å²) in [5.74, 6) is 0. The van der Waals surface area contributed by atoms with Gasteiger partial charge in [-0.15, -0.1) is 11.3 Å². The highest BCUT2D eigenvalue weighted by Gasteiger charge is 2.39. The fourth-order valence-corrected chi connectivity index (χ4v) is 2.79. The molecule has 1 aliphatic carbocycles. The van der Waals surface area contributed by atoms with Crippen LogP contribution in [0.5, 0.6) is 0 Å². The van der Waals surface area contributed by atoms with Crippen LogP contribution in [0.25, 0.3) is 0 Å². The molecule has 0 radical (unpaired) electrons. The average molecular weight is 182 g/mol. The van der Waals surface area contributed by atoms with Crippen molar-refractivity contribution in [3.8, 4) is 0 Å². The number of likely N-dealkylation sites (N-methyl/N-ethyl adjacent to an activating group) is 1. The molecule has 12 heavy (non-hydrogen) atoms. The minimum absolute atomic E-state index is 0.392. The molecule has 1 N–H and O–H groups in total. The zero-order valence-corrected chi connectivity index (χ0v) is 8.16. The van der Waals surface area contributed by atoms with Crippen LogP contribution in [-0.4, -0.2) is 18.6 Å². The summed E-state index contributed by atoms with van der Waals surface area (Å²) in [4.78, 5) is 4.41. The highest BCUT2D eigenvalue weighted by atomic mass is 32.1. The van der Waals surface area contributed by atoms with Gasteiger partial charge in [-0.2, -0.15) is 0 Å². The lowest BCUT2D eigenvalue weighted by Crippen LogP contribution is -2.42. The molecule has 1 saturated carbocycles. The van der Waals surface area contributed by atoms with Gasteiger partial charge in [0.1, 0.15) is 0 Å². The number of hydrogen-bond donors (Lipinski definition) is 1. The van der Waals surface area contributed by atoms with Crippen molar-refractivity contribution >= 4 is 11.3 Å². The molecule has 0 aromatic carbocycles. The maximum atomic E-state index is 4.41. The van der Waals surface area contributed by atoms with E-state index in [2.05, 4.69) is 15.7 Å². The minimum atomic E-state index is 0.392. The number of thiazole rings is 1. The molecular formula is C9H14N2S. The zero-order chi connectivity index (χ0) is 8.44. The Kier molecular flexibility index (Phi) is 2.15. The lowest BCUT2D eigenvalue weighted by Gasteiger charge is -2.40. The van der Waals surface area contributed by atoms with Crippen molar-refractivity contribution in [3.05, 3.63) is 16.6 Å². The molecule has 1 aromatic heterocycles. The molecule has 0 amide bonds. The molecule has 1 heterocycles. The molecule has 0 atom stereocenters. The van der Waals surface area contributed by atoms with Crippen LogP contribution in [0.15, 0.2) is 11.6 Å². The molecule has 0 spiro atoms. The second-order valence-corrected chi connectivity index (χ2v) is 4.40. The second kappa shape index (κ2) is 3.15. The van der Waals surface area contributed by atoms with E-state index in [9.17, 15) is 0 Å². The normalized spacial score (nSPS) is 20.4. The Balaban J connectivity index is 2.17. The lowest BCUT2D eigenvalue weighted by atomic mass is 9.69. The minimum Gasteiger partial charge on any atom is -0.319 e. The molecule has 3 heteroatoms. The van der Waals surface area contributed by atoms with Gasteiger partial charge in [-0.25, -0.2) is 4.98 Å². The first-order valence-corrected chi connectivity index (χ1v) is 5.30. The number of rotatable bonds is 3. The maximum Gasteiger partial charge on any atom is 0.0999 e. The quantitative estimate of drug-likeness (QED) is 0.771. The summed E-state index contributed by atoms with van der Waals surface area (Å²) in [6.07, 6.45) is 5.89. The molecule has 66 valence electrons. The van der Waals surface area contributed by atoms with Crippen LogP contribution in [0, 0.1) is 0 Å². The lowest BCUT2D eigenvalue weighted by molar-refractivity contribution is 0.238. The molecular weight excluding hydrogens is 168 g/mol. The third-order valence-corrected chi connectivity index (χ3v) is 3.73. The van der Waals surface area contributed by atoms with Crippen molar-refractivity contribution in [3.63, 3.8) is 0 Å². The fourth-order valence-electron chi connectivity index (χ4n) is 1.89. The Morgan fingerprint density at radius 3 is 2.92 bits per heavy atom. The monoisotopic (exact) mass is 182 g/mol. The van der Waals surface area contributed by atoms with Gasteiger partial charge >= 0.3 is 0 Å². The summed E-state index contributed by atoms with van der Waals surface area (Å²) in [7, 11) is 2.02. The van der Waals surface area contributed by atoms with Gasteiger partial charge in [-0.1, -0.05) is 6.42 Å². The topological polar surface area (TPSA) is 24.9 Å². The molecule has 0 saturated heterocycles. The molecule has 1 fully saturated rings. The van der Waals surface area contributed by atoms with Gasteiger partial charge in [0.2, 0.25) is 0 Å². The van der Waals surface area contributed by atoms with E-state index in [-0.39, 0.29) is 0 Å². The molecule has 2 nitrogen and oxygen atoms in total. The van der Waals surface area contributed by atoms with Gasteiger partial charge in [0.15, 0.2) is 0 Å². The summed E-state index contributed by atoms with van der Waals surface area (Å²) in [6.45, 7) is 1.08. The number of hydrogen-bond acceptors (Lipinski definition) is 3. The standard InChI is InChI=1S/C9H14N2S/c1-10-7-9(3-2-4-9)8-11-5-6-12-8/h5-6,10H,2-4,7H2,1H3. The molecule has 2 rings (SSSR count). The summed E-state index contributed by atoms with van der Waals surface area (Å²) >= 11 is 1.79. The van der Waals surface area contributed by atoms with E-state index in [1.807, 2.05) is 13.2 Å². The second-order valence-electron chi connectivity index (χ2n) is 3.50. The van der Waals surface area contributed by atoms with Crippen LogP contribution in [0.1, 0.15) is 24.3 Å².